The van der Waals surface area contributed by atoms with Crippen molar-refractivity contribution in [2.45, 2.75) is 24.7 Å². The number of primary amides is 1. The molecule has 2 fully saturated rings. The molecule has 1 amide bonds. The molecule has 0 heterocycles. The summed E-state index contributed by atoms with van der Waals surface area (Å²) in [5.41, 5.74) is 3.44. The minimum absolute atomic E-state index is 0.161. The van der Waals surface area contributed by atoms with Crippen LogP contribution in [0, 0.1) is 23.7 Å². The van der Waals surface area contributed by atoms with Crippen molar-refractivity contribution in [2.75, 3.05) is 14.1 Å². The van der Waals surface area contributed by atoms with Gasteiger partial charge in [0.1, 0.15) is 5.75 Å². The van der Waals surface area contributed by atoms with E-state index in [-0.39, 0.29) is 22.5 Å². The molecular formula is C30H28N2O9. The molecule has 7 unspecified atom stereocenters. The summed E-state index contributed by atoms with van der Waals surface area (Å²) in [5.74, 6) is -13.7. The molecule has 0 aliphatic heterocycles. The Hall–Kier alpha value is -4.32. The van der Waals surface area contributed by atoms with E-state index in [1.165, 1.54) is 44.1 Å². The van der Waals surface area contributed by atoms with Gasteiger partial charge in [-0.3, -0.25) is 33.7 Å². The van der Waals surface area contributed by atoms with Crippen LogP contribution in [-0.2, 0) is 19.2 Å². The molecule has 0 saturated heterocycles. The average molecular weight is 561 g/mol. The number of hydrogen-bond donors (Lipinski definition) is 4. The van der Waals surface area contributed by atoms with E-state index < -0.39 is 76.2 Å². The maximum absolute atomic E-state index is 14.1. The number of nitrogens with two attached hydrogens (primary N) is 1. The van der Waals surface area contributed by atoms with Crippen molar-refractivity contribution in [1.29, 1.82) is 0 Å². The van der Waals surface area contributed by atoms with Crippen molar-refractivity contribution < 1.29 is 44.1 Å². The van der Waals surface area contributed by atoms with Crippen molar-refractivity contribution in [1.82, 2.24) is 4.90 Å². The Morgan fingerprint density at radius 3 is 2.20 bits per heavy atom. The Morgan fingerprint density at radius 2 is 1.63 bits per heavy atom. The first-order chi connectivity index (χ1) is 19.2. The van der Waals surface area contributed by atoms with Crippen LogP contribution in [0.25, 0.3) is 11.6 Å². The number of amides is 1. The van der Waals surface area contributed by atoms with Gasteiger partial charge in [0.2, 0.25) is 5.91 Å². The van der Waals surface area contributed by atoms with Gasteiger partial charge in [-0.05, 0) is 43.8 Å². The van der Waals surface area contributed by atoms with Gasteiger partial charge in [0.05, 0.1) is 29.5 Å². The van der Waals surface area contributed by atoms with Crippen LogP contribution in [0.15, 0.2) is 42.5 Å². The smallest absolute Gasteiger partial charge is 0.235 e. The molecule has 0 radical (unpaired) electrons. The number of likely N-dealkylation sites (N-methyl/N-ethyl adjacent to an activating group) is 1. The molecule has 11 heteroatoms. The molecule has 2 saturated carbocycles. The lowest BCUT2D eigenvalue weighted by Crippen LogP contribution is -2.77. The quantitative estimate of drug-likeness (QED) is 0.293. The number of benzene rings is 2. The van der Waals surface area contributed by atoms with Gasteiger partial charge in [0.15, 0.2) is 40.4 Å². The van der Waals surface area contributed by atoms with Crippen molar-refractivity contribution in [2.24, 2.45) is 29.4 Å². The largest absolute Gasteiger partial charge is 0.507 e. The number of hydrogen-bond acceptors (Lipinski definition) is 10. The highest BCUT2D eigenvalue weighted by molar-refractivity contribution is 6.33. The second kappa shape index (κ2) is 9.65. The number of aliphatic hydroxyl groups excluding tert-OH is 1. The lowest BCUT2D eigenvalue weighted by Gasteiger charge is -2.55. The van der Waals surface area contributed by atoms with Gasteiger partial charge in [-0.2, -0.15) is 0 Å². The molecule has 5 N–H and O–H groups in total. The van der Waals surface area contributed by atoms with Crippen molar-refractivity contribution in [3.63, 3.8) is 0 Å². The summed E-state index contributed by atoms with van der Waals surface area (Å²) in [4.78, 5) is 80.0. The summed E-state index contributed by atoms with van der Waals surface area (Å²) in [6.07, 6.45) is -0.227. The van der Waals surface area contributed by atoms with Crippen LogP contribution in [0.4, 0.5) is 0 Å². The third-order valence-corrected chi connectivity index (χ3v) is 8.51. The van der Waals surface area contributed by atoms with E-state index in [2.05, 4.69) is 0 Å². The van der Waals surface area contributed by atoms with Gasteiger partial charge in [-0.1, -0.05) is 42.5 Å². The van der Waals surface area contributed by atoms with Gasteiger partial charge in [-0.15, -0.1) is 0 Å². The normalized spacial score (nSPS) is 32.0. The van der Waals surface area contributed by atoms with Crippen LogP contribution >= 0.6 is 0 Å². The Balaban J connectivity index is 1.77. The monoisotopic (exact) mass is 560 g/mol. The molecule has 3 aliphatic rings. The number of aliphatic hydroxyl groups is 2. The first-order valence-electron chi connectivity index (χ1n) is 12.9. The average Bonchev–Trinajstić information content (AvgIpc) is 2.90. The fraction of sp³-hybridized carbons (Fsp3) is 0.333. The molecule has 0 bridgehead atoms. The predicted octanol–water partition coefficient (Wildman–Crippen LogP) is 0.0385. The molecule has 2 aromatic carbocycles. The van der Waals surface area contributed by atoms with E-state index in [1.807, 2.05) is 0 Å². The standard InChI is InChI=1S/C30H28N2O9/c1-12(33)14-9-7-13(8-10-14)11-16-15-5-4-6-17(34)18(15)24(35)20-19(16)25(36)22-23(32(2)3)26(37)21(29(31)40)28(39)30(22,41)27(20)38/h4-11,19-23,25,34,36,41H,1-3H3,(H2,31,40). The predicted molar refractivity (Wildman–Crippen MR) is 143 cm³/mol. The van der Waals surface area contributed by atoms with Gasteiger partial charge >= 0.3 is 0 Å². The number of nitrogens with zero attached hydrogens (tertiary/aromatic N) is 1. The lowest BCUT2D eigenvalue weighted by atomic mass is 9.50. The molecular weight excluding hydrogens is 532 g/mol. The summed E-state index contributed by atoms with van der Waals surface area (Å²) in [6.45, 7) is 1.41. The van der Waals surface area contributed by atoms with E-state index in [0.29, 0.717) is 11.1 Å². The summed E-state index contributed by atoms with van der Waals surface area (Å²) in [7, 11) is 2.85. The zero-order valence-electron chi connectivity index (χ0n) is 22.4. The molecule has 2 aromatic rings. The molecule has 41 heavy (non-hydrogen) atoms. The number of carbonyl (C=O) groups excluding carboxylic acids is 6. The highest BCUT2D eigenvalue weighted by Crippen LogP contribution is 2.54. The maximum atomic E-state index is 14.1. The summed E-state index contributed by atoms with van der Waals surface area (Å²) < 4.78 is 0. The van der Waals surface area contributed by atoms with Gasteiger partial charge in [-0.25, -0.2) is 0 Å². The summed E-state index contributed by atoms with van der Waals surface area (Å²) in [5, 5.41) is 34.3. The summed E-state index contributed by atoms with van der Waals surface area (Å²) in [6, 6.07) is 9.18. The number of aromatic hydroxyl groups is 1. The van der Waals surface area contributed by atoms with Crippen molar-refractivity contribution in [3.8, 4) is 5.75 Å². The third kappa shape index (κ3) is 3.91. The fourth-order valence-electron chi connectivity index (χ4n) is 6.66. The molecule has 5 rings (SSSR count). The van der Waals surface area contributed by atoms with Gasteiger partial charge in [0.25, 0.3) is 0 Å². The summed E-state index contributed by atoms with van der Waals surface area (Å²) >= 11 is 0. The van der Waals surface area contributed by atoms with Crippen LogP contribution in [0.2, 0.25) is 0 Å². The number of rotatable bonds is 4. The molecule has 0 spiro atoms. The Bertz CT molecular complexity index is 1570. The first-order valence-corrected chi connectivity index (χ1v) is 12.9. The third-order valence-electron chi connectivity index (χ3n) is 8.51. The number of carbonyl (C=O) groups is 6. The SMILES string of the molecule is CC(=O)c1ccc(C=C2c3cccc(O)c3C(=O)C3C(=O)C4(O)C(=O)C(C(N)=O)C(=O)C(N(C)C)C4C(O)C23)cc1. The Labute approximate surface area is 234 Å². The second-order valence-corrected chi connectivity index (χ2v) is 11.0. The lowest BCUT2D eigenvalue weighted by molar-refractivity contribution is -0.192. The van der Waals surface area contributed by atoms with Crippen molar-refractivity contribution >= 4 is 46.5 Å². The zero-order valence-corrected chi connectivity index (χ0v) is 22.4. The van der Waals surface area contributed by atoms with Crippen LogP contribution in [0.1, 0.15) is 38.8 Å². The maximum Gasteiger partial charge on any atom is 0.235 e. The number of phenolic OH excluding ortho intramolecular Hbond substituents is 1. The highest BCUT2D eigenvalue weighted by atomic mass is 16.3. The Kier molecular flexibility index (Phi) is 6.64. The number of Topliss-reactive ketones (excluding diaryl/α,β-unsaturated/α-hetero) is 5. The van der Waals surface area contributed by atoms with E-state index in [9.17, 15) is 44.1 Å². The van der Waals surface area contributed by atoms with E-state index >= 15 is 0 Å². The van der Waals surface area contributed by atoms with Crippen LogP contribution in [0.3, 0.4) is 0 Å². The highest BCUT2D eigenvalue weighted by Gasteiger charge is 2.72. The zero-order chi connectivity index (χ0) is 30.1. The molecule has 212 valence electrons. The van der Waals surface area contributed by atoms with Crippen LogP contribution in [0.5, 0.6) is 5.75 Å². The molecule has 0 aromatic heterocycles. The second-order valence-electron chi connectivity index (χ2n) is 11.0. The van der Waals surface area contributed by atoms with Crippen molar-refractivity contribution in [3.05, 3.63) is 64.7 Å². The Morgan fingerprint density at radius 1 is 1.00 bits per heavy atom. The van der Waals surface area contributed by atoms with E-state index in [1.54, 1.807) is 30.3 Å². The number of ketones is 5. The molecule has 11 nitrogen and oxygen atoms in total. The minimum atomic E-state index is -3.09. The van der Waals surface area contributed by atoms with Crippen LogP contribution < -0.4 is 5.73 Å². The van der Waals surface area contributed by atoms with Gasteiger partial charge < -0.3 is 21.1 Å². The number of phenols is 1. The topological polar surface area (TPSA) is 192 Å². The number of fused-ring (bicyclic) bond motifs is 3. The molecule has 7 atom stereocenters. The van der Waals surface area contributed by atoms with Gasteiger partial charge in [0, 0.05) is 11.5 Å². The molecule has 3 aliphatic carbocycles. The van der Waals surface area contributed by atoms with E-state index in [4.69, 9.17) is 5.73 Å². The van der Waals surface area contributed by atoms with Crippen LogP contribution in [-0.4, -0.2) is 86.9 Å². The minimum Gasteiger partial charge on any atom is -0.507 e. The fourth-order valence-corrected chi connectivity index (χ4v) is 6.66. The van der Waals surface area contributed by atoms with E-state index in [0.717, 1.165) is 0 Å². The first kappa shape index (κ1) is 28.2.